The molecule has 0 spiro atoms. The molecule has 2 N–H and O–H groups in total. The summed E-state index contributed by atoms with van der Waals surface area (Å²) < 4.78 is 5.57. The summed E-state index contributed by atoms with van der Waals surface area (Å²) in [7, 11) is 0. The van der Waals surface area contributed by atoms with Gasteiger partial charge in [0, 0.05) is 32.2 Å². The Morgan fingerprint density at radius 1 is 1.25 bits per heavy atom. The molecule has 20 heavy (non-hydrogen) atoms. The van der Waals surface area contributed by atoms with Crippen molar-refractivity contribution in [1.29, 1.82) is 0 Å². The first-order valence-corrected chi connectivity index (χ1v) is 7.52. The lowest BCUT2D eigenvalue weighted by Crippen LogP contribution is -2.47. The zero-order chi connectivity index (χ0) is 13.9. The van der Waals surface area contributed by atoms with E-state index in [9.17, 15) is 0 Å². The number of nitrogens with zero attached hydrogens (tertiary/aromatic N) is 4. The molecule has 0 radical (unpaired) electrons. The number of nitrogens with two attached hydrogens (primary N) is 1. The van der Waals surface area contributed by atoms with Crippen LogP contribution in [-0.4, -0.2) is 53.7 Å². The summed E-state index contributed by atoms with van der Waals surface area (Å²) in [4.78, 5) is 13.3. The van der Waals surface area contributed by atoms with E-state index < -0.39 is 0 Å². The SMILES string of the molecule is CCCOc1ncnc(N2CCN(C3CC3)CC2)c1N. The highest BCUT2D eigenvalue weighted by Crippen LogP contribution is 2.31. The molecule has 110 valence electrons. The van der Waals surface area contributed by atoms with Crippen molar-refractivity contribution < 1.29 is 4.74 Å². The predicted octanol–water partition coefficient (Wildman–Crippen LogP) is 1.13. The number of hydrogen-bond donors (Lipinski definition) is 1. The Bertz CT molecular complexity index is 455. The summed E-state index contributed by atoms with van der Waals surface area (Å²) in [6.45, 7) is 6.85. The fourth-order valence-electron chi connectivity index (χ4n) is 2.68. The highest BCUT2D eigenvalue weighted by Gasteiger charge is 2.32. The Morgan fingerprint density at radius 3 is 2.65 bits per heavy atom. The van der Waals surface area contributed by atoms with Crippen LogP contribution < -0.4 is 15.4 Å². The van der Waals surface area contributed by atoms with Gasteiger partial charge in [-0.25, -0.2) is 4.98 Å². The maximum Gasteiger partial charge on any atom is 0.242 e. The van der Waals surface area contributed by atoms with Gasteiger partial charge in [0.15, 0.2) is 5.82 Å². The molecule has 3 rings (SSSR count). The maximum absolute atomic E-state index is 6.16. The van der Waals surface area contributed by atoms with Crippen LogP contribution >= 0.6 is 0 Å². The van der Waals surface area contributed by atoms with Crippen LogP contribution in [0.3, 0.4) is 0 Å². The second-order valence-electron chi connectivity index (χ2n) is 5.52. The Morgan fingerprint density at radius 2 is 2.00 bits per heavy atom. The predicted molar refractivity (Wildman–Crippen MR) is 79.0 cm³/mol. The van der Waals surface area contributed by atoms with Crippen molar-refractivity contribution in [1.82, 2.24) is 14.9 Å². The van der Waals surface area contributed by atoms with E-state index in [-0.39, 0.29) is 0 Å². The Balaban J connectivity index is 1.67. The molecule has 0 atom stereocenters. The van der Waals surface area contributed by atoms with Crippen molar-refractivity contribution in [3.8, 4) is 5.88 Å². The molecule has 6 nitrogen and oxygen atoms in total. The largest absolute Gasteiger partial charge is 0.476 e. The third-order valence-electron chi connectivity index (χ3n) is 3.95. The zero-order valence-electron chi connectivity index (χ0n) is 12.1. The van der Waals surface area contributed by atoms with Gasteiger partial charge in [-0.1, -0.05) is 6.92 Å². The van der Waals surface area contributed by atoms with Crippen molar-refractivity contribution in [2.24, 2.45) is 0 Å². The van der Waals surface area contributed by atoms with Crippen molar-refractivity contribution in [3.05, 3.63) is 6.33 Å². The average molecular weight is 277 g/mol. The molecule has 0 bridgehead atoms. The number of rotatable bonds is 5. The quantitative estimate of drug-likeness (QED) is 0.870. The van der Waals surface area contributed by atoms with Gasteiger partial charge in [0.25, 0.3) is 0 Å². The van der Waals surface area contributed by atoms with E-state index in [0.29, 0.717) is 18.2 Å². The van der Waals surface area contributed by atoms with Gasteiger partial charge in [-0.2, -0.15) is 4.98 Å². The minimum absolute atomic E-state index is 0.515. The zero-order valence-corrected chi connectivity index (χ0v) is 12.1. The first-order chi connectivity index (χ1) is 9.79. The third kappa shape index (κ3) is 2.80. The third-order valence-corrected chi connectivity index (χ3v) is 3.95. The molecule has 1 saturated heterocycles. The smallest absolute Gasteiger partial charge is 0.242 e. The minimum atomic E-state index is 0.515. The van der Waals surface area contributed by atoms with E-state index in [0.717, 1.165) is 44.5 Å². The standard InChI is InChI=1S/C14H23N5O/c1-2-9-20-14-12(15)13(16-10-17-14)19-7-5-18(6-8-19)11-3-4-11/h10-11H,2-9,15H2,1H3. The molecule has 1 aliphatic carbocycles. The molecular formula is C14H23N5O. The van der Waals surface area contributed by atoms with Crippen LogP contribution in [0.25, 0.3) is 0 Å². The minimum Gasteiger partial charge on any atom is -0.476 e. The van der Waals surface area contributed by atoms with Gasteiger partial charge >= 0.3 is 0 Å². The van der Waals surface area contributed by atoms with Crippen LogP contribution in [0.4, 0.5) is 11.5 Å². The molecule has 6 heteroatoms. The summed E-state index contributed by atoms with van der Waals surface area (Å²) in [5, 5.41) is 0. The highest BCUT2D eigenvalue weighted by molar-refractivity contribution is 5.67. The number of hydrogen-bond acceptors (Lipinski definition) is 6. The van der Waals surface area contributed by atoms with Crippen molar-refractivity contribution in [2.45, 2.75) is 32.2 Å². The molecule has 2 heterocycles. The van der Waals surface area contributed by atoms with E-state index in [1.807, 2.05) is 0 Å². The first-order valence-electron chi connectivity index (χ1n) is 7.52. The molecule has 1 aliphatic heterocycles. The molecule has 1 saturated carbocycles. The van der Waals surface area contributed by atoms with Gasteiger partial charge in [0.2, 0.25) is 5.88 Å². The van der Waals surface area contributed by atoms with Gasteiger partial charge < -0.3 is 15.4 Å². The molecule has 0 aromatic carbocycles. The van der Waals surface area contributed by atoms with E-state index in [1.165, 1.54) is 12.8 Å². The van der Waals surface area contributed by atoms with E-state index >= 15 is 0 Å². The van der Waals surface area contributed by atoms with E-state index in [2.05, 4.69) is 26.7 Å². The summed E-state index contributed by atoms with van der Waals surface area (Å²) in [6, 6.07) is 0.836. The van der Waals surface area contributed by atoms with Crippen LogP contribution in [0.15, 0.2) is 6.33 Å². The Labute approximate surface area is 119 Å². The molecule has 2 aliphatic rings. The Hall–Kier alpha value is -1.56. The summed E-state index contributed by atoms with van der Waals surface area (Å²) in [5.74, 6) is 1.34. The second-order valence-corrected chi connectivity index (χ2v) is 5.52. The number of anilines is 2. The van der Waals surface area contributed by atoms with Crippen molar-refractivity contribution in [3.63, 3.8) is 0 Å². The van der Waals surface area contributed by atoms with Gasteiger partial charge in [0.1, 0.15) is 12.0 Å². The van der Waals surface area contributed by atoms with Crippen LogP contribution in [-0.2, 0) is 0 Å². The molecule has 1 aromatic heterocycles. The lowest BCUT2D eigenvalue weighted by atomic mass is 10.3. The van der Waals surface area contributed by atoms with Crippen LogP contribution in [0.1, 0.15) is 26.2 Å². The fraction of sp³-hybridized carbons (Fsp3) is 0.714. The lowest BCUT2D eigenvalue weighted by Gasteiger charge is -2.35. The number of aromatic nitrogens is 2. The monoisotopic (exact) mass is 277 g/mol. The van der Waals surface area contributed by atoms with Crippen LogP contribution in [0, 0.1) is 0 Å². The topological polar surface area (TPSA) is 67.5 Å². The van der Waals surface area contributed by atoms with E-state index in [1.54, 1.807) is 6.33 Å². The molecular weight excluding hydrogens is 254 g/mol. The molecule has 2 fully saturated rings. The summed E-state index contributed by atoms with van der Waals surface area (Å²) in [6.07, 6.45) is 5.22. The number of nitrogen functional groups attached to an aromatic ring is 1. The van der Waals surface area contributed by atoms with Crippen molar-refractivity contribution in [2.75, 3.05) is 43.4 Å². The normalized spacial score (nSPS) is 20.1. The van der Waals surface area contributed by atoms with Gasteiger partial charge in [-0.15, -0.1) is 0 Å². The van der Waals surface area contributed by atoms with Gasteiger partial charge in [0.05, 0.1) is 6.61 Å². The van der Waals surface area contributed by atoms with Crippen LogP contribution in [0.2, 0.25) is 0 Å². The number of ether oxygens (including phenoxy) is 1. The summed E-state index contributed by atoms with van der Waals surface area (Å²) in [5.41, 5.74) is 6.73. The second kappa shape index (κ2) is 5.83. The molecule has 0 unspecified atom stereocenters. The van der Waals surface area contributed by atoms with Crippen molar-refractivity contribution >= 4 is 11.5 Å². The molecule has 1 aromatic rings. The van der Waals surface area contributed by atoms with Gasteiger partial charge in [-0.3, -0.25) is 4.90 Å². The Kier molecular flexibility index (Phi) is 3.91. The van der Waals surface area contributed by atoms with E-state index in [4.69, 9.17) is 10.5 Å². The summed E-state index contributed by atoms with van der Waals surface area (Å²) >= 11 is 0. The number of piperazine rings is 1. The molecule has 0 amide bonds. The average Bonchev–Trinajstić information content (AvgIpc) is 3.31. The lowest BCUT2D eigenvalue weighted by molar-refractivity contribution is 0.247. The van der Waals surface area contributed by atoms with Gasteiger partial charge in [-0.05, 0) is 19.3 Å². The highest BCUT2D eigenvalue weighted by atomic mass is 16.5. The fourth-order valence-corrected chi connectivity index (χ4v) is 2.68. The van der Waals surface area contributed by atoms with Crippen LogP contribution in [0.5, 0.6) is 5.88 Å². The maximum atomic E-state index is 6.16. The first kappa shape index (κ1) is 13.4.